The van der Waals surface area contributed by atoms with E-state index in [0.717, 1.165) is 51.2 Å². The average Bonchev–Trinajstić information content (AvgIpc) is 3.17. The number of benzene rings is 1. The number of ether oxygens (including phenoxy) is 1. The number of carbonyl (C=O) groups excluding carboxylic acids is 1. The summed E-state index contributed by atoms with van der Waals surface area (Å²) in [5, 5.41) is 5.14. The summed E-state index contributed by atoms with van der Waals surface area (Å²) in [5.74, 6) is 1.07. The number of rotatable bonds is 3. The van der Waals surface area contributed by atoms with Crippen molar-refractivity contribution in [1.82, 2.24) is 19.2 Å². The predicted molar refractivity (Wildman–Crippen MR) is 125 cm³/mol. The van der Waals surface area contributed by atoms with E-state index in [4.69, 9.17) is 16.3 Å². The monoisotopic (exact) mass is 473 g/mol. The van der Waals surface area contributed by atoms with Gasteiger partial charge in [0.1, 0.15) is 17.0 Å². The number of nitrogens with zero attached hydrogens (tertiary/aromatic N) is 3. The number of hydrogen-bond acceptors (Lipinski definition) is 7. The van der Waals surface area contributed by atoms with Gasteiger partial charge in [0.2, 0.25) is 5.91 Å². The second-order valence-corrected chi connectivity index (χ2v) is 10.3. The third kappa shape index (κ3) is 3.40. The molecule has 0 unspecified atom stereocenters. The van der Waals surface area contributed by atoms with Crippen LogP contribution in [0.3, 0.4) is 0 Å². The summed E-state index contributed by atoms with van der Waals surface area (Å²) in [6, 6.07) is 3.97. The fourth-order valence-corrected chi connectivity index (χ4v) is 6.57. The average molecular weight is 474 g/mol. The summed E-state index contributed by atoms with van der Waals surface area (Å²) in [6.07, 6.45) is 4.07. The van der Waals surface area contributed by atoms with Gasteiger partial charge in [-0.2, -0.15) is 0 Å². The predicted octanol–water partition coefficient (Wildman–Crippen LogP) is 4.59. The number of H-pyrrole nitrogens is 1. The minimum atomic E-state index is 0.0370. The maximum Gasteiger partial charge on any atom is 0.226 e. The summed E-state index contributed by atoms with van der Waals surface area (Å²) in [4.78, 5) is 26.2. The Balaban J connectivity index is 1.31. The van der Waals surface area contributed by atoms with Crippen LogP contribution in [0.5, 0.6) is 0 Å². The zero-order chi connectivity index (χ0) is 20.9. The molecule has 6 rings (SSSR count). The second-order valence-electron chi connectivity index (χ2n) is 7.94. The highest BCUT2D eigenvalue weighted by atomic mass is 35.5. The summed E-state index contributed by atoms with van der Waals surface area (Å²) >= 11 is 9.74. The van der Waals surface area contributed by atoms with Gasteiger partial charge in [-0.25, -0.2) is 9.97 Å². The molecule has 0 radical (unpaired) electrons. The van der Waals surface area contributed by atoms with Gasteiger partial charge in [0.25, 0.3) is 0 Å². The molecule has 1 aliphatic heterocycles. The van der Waals surface area contributed by atoms with Crippen molar-refractivity contribution in [2.45, 2.75) is 19.3 Å². The number of halogens is 1. The molecule has 1 atom stereocenters. The first-order valence-electron chi connectivity index (χ1n) is 10.3. The van der Waals surface area contributed by atoms with Gasteiger partial charge < -0.3 is 19.3 Å². The lowest BCUT2D eigenvalue weighted by molar-refractivity contribution is -0.140. The minimum Gasteiger partial charge on any atom is -0.378 e. The van der Waals surface area contributed by atoms with Crippen LogP contribution in [0.15, 0.2) is 18.5 Å². The molecule has 0 spiro atoms. The van der Waals surface area contributed by atoms with Gasteiger partial charge in [0.05, 0.1) is 39.5 Å². The lowest BCUT2D eigenvalue weighted by Gasteiger charge is -2.31. The van der Waals surface area contributed by atoms with Gasteiger partial charge in [-0.05, 0) is 37.0 Å². The molecule has 2 aliphatic rings. The minimum absolute atomic E-state index is 0.0370. The molecule has 160 valence electrons. The Kier molecular flexibility index (Phi) is 4.86. The molecular weight excluding hydrogens is 454 g/mol. The van der Waals surface area contributed by atoms with Crippen LogP contribution in [0.1, 0.15) is 16.9 Å². The van der Waals surface area contributed by atoms with Crippen molar-refractivity contribution in [3.05, 3.63) is 33.9 Å². The third-order valence-corrected chi connectivity index (χ3v) is 8.47. The highest BCUT2D eigenvalue weighted by molar-refractivity contribution is 7.19. The van der Waals surface area contributed by atoms with Gasteiger partial charge in [-0.1, -0.05) is 23.1 Å². The molecule has 2 N–H and O–H groups in total. The first-order valence-corrected chi connectivity index (χ1v) is 12.3. The van der Waals surface area contributed by atoms with Gasteiger partial charge in [0, 0.05) is 23.9 Å². The number of aromatic nitrogens is 3. The van der Waals surface area contributed by atoms with Crippen LogP contribution in [-0.2, 0) is 22.4 Å². The third-order valence-electron chi connectivity index (χ3n) is 6.11. The topological polar surface area (TPSA) is 83.1 Å². The van der Waals surface area contributed by atoms with Crippen LogP contribution in [0, 0.1) is 5.92 Å². The van der Waals surface area contributed by atoms with E-state index in [0.29, 0.717) is 31.3 Å². The van der Waals surface area contributed by atoms with Crippen LogP contribution in [0.2, 0.25) is 5.02 Å². The van der Waals surface area contributed by atoms with E-state index >= 15 is 0 Å². The number of hydrogen-bond donors (Lipinski definition) is 2. The van der Waals surface area contributed by atoms with Crippen molar-refractivity contribution in [2.75, 3.05) is 31.6 Å². The summed E-state index contributed by atoms with van der Waals surface area (Å²) in [5.41, 5.74) is 3.16. The summed E-state index contributed by atoms with van der Waals surface area (Å²) < 4.78 is 9.72. The van der Waals surface area contributed by atoms with E-state index in [1.54, 1.807) is 29.2 Å². The Morgan fingerprint density at radius 3 is 2.97 bits per heavy atom. The van der Waals surface area contributed by atoms with E-state index in [1.807, 2.05) is 17.0 Å². The fourth-order valence-electron chi connectivity index (χ4n) is 4.46. The van der Waals surface area contributed by atoms with Crippen molar-refractivity contribution >= 4 is 72.3 Å². The maximum absolute atomic E-state index is 13.0. The molecule has 1 fully saturated rings. The van der Waals surface area contributed by atoms with E-state index in [9.17, 15) is 4.79 Å². The Morgan fingerprint density at radius 2 is 2.16 bits per heavy atom. The molecule has 3 aromatic heterocycles. The molecule has 31 heavy (non-hydrogen) atoms. The number of aryl methyl sites for hydroxylation is 1. The molecular formula is C21H20ClN5O2S2. The van der Waals surface area contributed by atoms with E-state index < -0.39 is 0 Å². The molecule has 7 nitrogen and oxygen atoms in total. The van der Waals surface area contributed by atoms with Crippen LogP contribution in [0.25, 0.3) is 20.4 Å². The number of carbonyl (C=O) groups is 1. The number of aromatic amines is 1. The van der Waals surface area contributed by atoms with E-state index in [-0.39, 0.29) is 11.8 Å². The zero-order valence-corrected chi connectivity index (χ0v) is 19.0. The quantitative estimate of drug-likeness (QED) is 0.454. The number of anilines is 2. The largest absolute Gasteiger partial charge is 0.378 e. The van der Waals surface area contributed by atoms with Crippen molar-refractivity contribution in [3.63, 3.8) is 0 Å². The van der Waals surface area contributed by atoms with Crippen LogP contribution < -0.4 is 5.32 Å². The van der Waals surface area contributed by atoms with Crippen LogP contribution in [0.4, 0.5) is 11.5 Å². The van der Waals surface area contributed by atoms with Gasteiger partial charge in [0.15, 0.2) is 0 Å². The molecule has 4 heterocycles. The molecule has 1 amide bonds. The molecule has 4 aromatic rings. The maximum atomic E-state index is 13.0. The van der Waals surface area contributed by atoms with E-state index in [2.05, 4.69) is 19.7 Å². The van der Waals surface area contributed by atoms with Crippen LogP contribution >= 0.6 is 34.5 Å². The van der Waals surface area contributed by atoms with Crippen molar-refractivity contribution < 1.29 is 9.53 Å². The van der Waals surface area contributed by atoms with Gasteiger partial charge in [-0.15, -0.1) is 11.3 Å². The van der Waals surface area contributed by atoms with Crippen LogP contribution in [-0.4, -0.2) is 51.5 Å². The first-order chi connectivity index (χ1) is 15.2. The smallest absolute Gasteiger partial charge is 0.226 e. The number of amides is 1. The van der Waals surface area contributed by atoms with Crippen molar-refractivity contribution in [2.24, 2.45) is 5.92 Å². The number of fused-ring (bicyclic) bond motifs is 4. The fraction of sp³-hybridized carbons (Fsp3) is 0.381. The highest BCUT2D eigenvalue weighted by Gasteiger charge is 2.32. The Morgan fingerprint density at radius 1 is 1.29 bits per heavy atom. The molecule has 10 heteroatoms. The number of nitrogens with one attached hydrogen (secondary N) is 2. The standard InChI is InChI=1S/C21H20ClN5O2S2/c22-13-8-15-17(31-26-15)9-14(13)25-19-18-12-2-1-11(21(28)27-3-5-29-6-4-27)7-16(12)30-20(18)24-10-23-19/h8-11,26H,1-7H2,(H,23,24,25)/t11-/m0/s1. The molecule has 0 saturated carbocycles. The lowest BCUT2D eigenvalue weighted by Crippen LogP contribution is -2.44. The first kappa shape index (κ1) is 19.5. The number of thiophene rings is 1. The second kappa shape index (κ2) is 7.74. The SMILES string of the molecule is O=C([C@H]1CCc2c(sc3ncnc(Nc4cc5s[nH]c5cc4Cl)c23)C1)N1CCOCC1. The highest BCUT2D eigenvalue weighted by Crippen LogP contribution is 2.42. The lowest BCUT2D eigenvalue weighted by atomic mass is 9.86. The zero-order valence-electron chi connectivity index (χ0n) is 16.6. The summed E-state index contributed by atoms with van der Waals surface area (Å²) in [7, 11) is 0. The van der Waals surface area contributed by atoms with Gasteiger partial charge >= 0.3 is 0 Å². The van der Waals surface area contributed by atoms with Crippen molar-refractivity contribution in [1.29, 1.82) is 0 Å². The Bertz CT molecular complexity index is 1290. The number of morpholine rings is 1. The molecule has 1 aromatic carbocycles. The normalized spacial score (nSPS) is 19.1. The summed E-state index contributed by atoms with van der Waals surface area (Å²) in [6.45, 7) is 2.67. The van der Waals surface area contributed by atoms with Gasteiger partial charge in [-0.3, -0.25) is 4.79 Å². The Labute approximate surface area is 191 Å². The van der Waals surface area contributed by atoms with E-state index in [1.165, 1.54) is 10.4 Å². The molecule has 0 bridgehead atoms. The molecule has 1 saturated heterocycles. The molecule has 1 aliphatic carbocycles. The Hall–Kier alpha value is -2.20. The van der Waals surface area contributed by atoms with Crippen molar-refractivity contribution in [3.8, 4) is 0 Å².